The summed E-state index contributed by atoms with van der Waals surface area (Å²) in [5.41, 5.74) is 5.36. The first-order valence-corrected chi connectivity index (χ1v) is 9.57. The third-order valence-corrected chi connectivity index (χ3v) is 4.72. The number of halogens is 3. The standard InChI is InChI=1S/C21H27F3N4O2/c1-4-6-12-30-18-10-9-14(13-15(18)21(22,23)24)16(5-2)27-19(29-3)17-8-7-11-28(17)20(25)26/h4-5,9-10,13,17H,1,6-8,11-12H2,2-3H3,(H3,25,26)/b16-5-,27-19?. The van der Waals surface area contributed by atoms with Gasteiger partial charge in [0, 0.05) is 12.1 Å². The molecule has 0 bridgehead atoms. The molecule has 1 fully saturated rings. The van der Waals surface area contributed by atoms with Crippen molar-refractivity contribution >= 4 is 17.6 Å². The van der Waals surface area contributed by atoms with Crippen molar-refractivity contribution in [1.29, 1.82) is 5.41 Å². The van der Waals surface area contributed by atoms with Gasteiger partial charge in [0.1, 0.15) is 11.8 Å². The van der Waals surface area contributed by atoms with E-state index in [1.807, 2.05) is 0 Å². The van der Waals surface area contributed by atoms with Crippen molar-refractivity contribution in [3.05, 3.63) is 48.1 Å². The summed E-state index contributed by atoms with van der Waals surface area (Å²) in [4.78, 5) is 6.13. The summed E-state index contributed by atoms with van der Waals surface area (Å²) in [5, 5.41) is 7.71. The Kier molecular flexibility index (Phi) is 7.91. The van der Waals surface area contributed by atoms with Gasteiger partial charge in [0.15, 0.2) is 5.96 Å². The van der Waals surface area contributed by atoms with Crippen LogP contribution in [0.2, 0.25) is 0 Å². The van der Waals surface area contributed by atoms with Crippen LogP contribution >= 0.6 is 0 Å². The first kappa shape index (κ1) is 23.3. The van der Waals surface area contributed by atoms with Crippen LogP contribution in [-0.4, -0.2) is 43.1 Å². The summed E-state index contributed by atoms with van der Waals surface area (Å²) in [5.74, 6) is -0.0293. The van der Waals surface area contributed by atoms with E-state index in [1.165, 1.54) is 19.2 Å². The fourth-order valence-electron chi connectivity index (χ4n) is 3.27. The molecule has 164 valence electrons. The second-order valence-corrected chi connectivity index (χ2v) is 6.70. The lowest BCUT2D eigenvalue weighted by Gasteiger charge is -2.25. The molecular weight excluding hydrogens is 397 g/mol. The SMILES string of the molecule is C=CCCOc1ccc(/C(=C/C)N=C(OC)C2CCCN2C(=N)N)cc1C(F)(F)F. The molecule has 30 heavy (non-hydrogen) atoms. The minimum atomic E-state index is -4.58. The lowest BCUT2D eigenvalue weighted by Crippen LogP contribution is -2.44. The van der Waals surface area contributed by atoms with E-state index >= 15 is 0 Å². The lowest BCUT2D eigenvalue weighted by atomic mass is 10.1. The van der Waals surface area contributed by atoms with Crippen LogP contribution in [0, 0.1) is 5.41 Å². The number of likely N-dealkylation sites (tertiary alicyclic amines) is 1. The number of nitrogens with two attached hydrogens (primary N) is 1. The Labute approximate surface area is 174 Å². The minimum absolute atomic E-state index is 0.0929. The quantitative estimate of drug-likeness (QED) is 0.294. The average molecular weight is 424 g/mol. The molecule has 0 amide bonds. The zero-order chi connectivity index (χ0) is 22.3. The van der Waals surface area contributed by atoms with E-state index in [0.29, 0.717) is 31.0 Å². The number of rotatable bonds is 7. The van der Waals surface area contributed by atoms with Gasteiger partial charge in [0.2, 0.25) is 5.90 Å². The Morgan fingerprint density at radius 2 is 2.17 bits per heavy atom. The fraction of sp³-hybridized carbons (Fsp3) is 0.429. The Balaban J connectivity index is 2.40. The van der Waals surface area contributed by atoms with E-state index in [1.54, 1.807) is 24.0 Å². The maximum atomic E-state index is 13.6. The van der Waals surface area contributed by atoms with Gasteiger partial charge in [-0.05, 0) is 44.4 Å². The number of guanidine groups is 1. The number of allylic oxidation sites excluding steroid dienone is 1. The van der Waals surface area contributed by atoms with Gasteiger partial charge >= 0.3 is 6.18 Å². The number of nitrogens with one attached hydrogen (secondary N) is 1. The maximum absolute atomic E-state index is 13.6. The van der Waals surface area contributed by atoms with E-state index in [2.05, 4.69) is 11.6 Å². The van der Waals surface area contributed by atoms with Crippen LogP contribution in [0.15, 0.2) is 41.9 Å². The molecule has 3 N–H and O–H groups in total. The first-order valence-electron chi connectivity index (χ1n) is 9.57. The van der Waals surface area contributed by atoms with Crippen LogP contribution in [0.1, 0.15) is 37.3 Å². The van der Waals surface area contributed by atoms with Crippen molar-refractivity contribution in [2.24, 2.45) is 10.7 Å². The van der Waals surface area contributed by atoms with Crippen LogP contribution in [0.3, 0.4) is 0 Å². The third kappa shape index (κ3) is 5.55. The van der Waals surface area contributed by atoms with Crippen LogP contribution in [0.4, 0.5) is 13.2 Å². The second-order valence-electron chi connectivity index (χ2n) is 6.70. The molecule has 1 atom stereocenters. The number of hydrogen-bond acceptors (Lipinski definition) is 4. The van der Waals surface area contributed by atoms with Gasteiger partial charge in [-0.15, -0.1) is 6.58 Å². The van der Waals surface area contributed by atoms with Crippen LogP contribution in [-0.2, 0) is 10.9 Å². The van der Waals surface area contributed by atoms with Crippen molar-refractivity contribution in [1.82, 2.24) is 4.90 Å². The Morgan fingerprint density at radius 3 is 2.73 bits per heavy atom. The molecule has 1 aromatic carbocycles. The number of ether oxygens (including phenoxy) is 2. The van der Waals surface area contributed by atoms with E-state index in [0.717, 1.165) is 12.5 Å². The normalized spacial score (nSPS) is 17.8. The van der Waals surface area contributed by atoms with Gasteiger partial charge in [-0.1, -0.05) is 12.2 Å². The Morgan fingerprint density at radius 1 is 1.43 bits per heavy atom. The number of nitrogens with zero attached hydrogens (tertiary/aromatic N) is 2. The molecule has 0 aromatic heterocycles. The highest BCUT2D eigenvalue weighted by molar-refractivity contribution is 5.91. The predicted octanol–water partition coefficient (Wildman–Crippen LogP) is 4.42. The highest BCUT2D eigenvalue weighted by Gasteiger charge is 2.35. The smallest absolute Gasteiger partial charge is 0.419 e. The van der Waals surface area contributed by atoms with Crippen molar-refractivity contribution < 1.29 is 22.6 Å². The topological polar surface area (TPSA) is 83.9 Å². The van der Waals surface area contributed by atoms with Gasteiger partial charge in [-0.25, -0.2) is 4.99 Å². The molecular formula is C21H27F3N4O2. The fourth-order valence-corrected chi connectivity index (χ4v) is 3.27. The number of hydrogen-bond donors (Lipinski definition) is 2. The summed E-state index contributed by atoms with van der Waals surface area (Å²) in [6.45, 7) is 5.93. The molecule has 1 saturated heterocycles. The van der Waals surface area contributed by atoms with E-state index < -0.39 is 11.7 Å². The van der Waals surface area contributed by atoms with Gasteiger partial charge in [0.25, 0.3) is 0 Å². The monoisotopic (exact) mass is 424 g/mol. The summed E-state index contributed by atoms with van der Waals surface area (Å²) in [6.07, 6.45) is 0.547. The molecule has 2 rings (SSSR count). The molecule has 1 aromatic rings. The molecule has 0 saturated carbocycles. The predicted molar refractivity (Wildman–Crippen MR) is 111 cm³/mol. The summed E-state index contributed by atoms with van der Waals surface area (Å²) in [7, 11) is 1.44. The van der Waals surface area contributed by atoms with Crippen LogP contribution in [0.5, 0.6) is 5.75 Å². The van der Waals surface area contributed by atoms with E-state index in [9.17, 15) is 13.2 Å². The van der Waals surface area contributed by atoms with Gasteiger partial charge in [-0.3, -0.25) is 5.41 Å². The highest BCUT2D eigenvalue weighted by atomic mass is 19.4. The summed E-state index contributed by atoms with van der Waals surface area (Å²) in [6, 6.07) is 3.52. The molecule has 1 unspecified atom stereocenters. The number of methoxy groups -OCH3 is 1. The summed E-state index contributed by atoms with van der Waals surface area (Å²) >= 11 is 0. The number of aliphatic imine (C=N–C) groups is 1. The zero-order valence-corrected chi connectivity index (χ0v) is 17.1. The van der Waals surface area contributed by atoms with E-state index in [4.69, 9.17) is 20.6 Å². The summed E-state index contributed by atoms with van der Waals surface area (Å²) < 4.78 is 51.5. The molecule has 6 nitrogen and oxygen atoms in total. The average Bonchev–Trinajstić information content (AvgIpc) is 3.19. The lowest BCUT2D eigenvalue weighted by molar-refractivity contribution is -0.138. The third-order valence-electron chi connectivity index (χ3n) is 4.72. The van der Waals surface area contributed by atoms with Crippen molar-refractivity contribution in [3.8, 4) is 5.75 Å². The van der Waals surface area contributed by atoms with Crippen molar-refractivity contribution in [3.63, 3.8) is 0 Å². The van der Waals surface area contributed by atoms with Gasteiger partial charge < -0.3 is 20.1 Å². The van der Waals surface area contributed by atoms with Crippen molar-refractivity contribution in [2.75, 3.05) is 20.3 Å². The molecule has 9 heteroatoms. The van der Waals surface area contributed by atoms with Crippen LogP contribution < -0.4 is 10.5 Å². The Hall–Kier alpha value is -2.97. The Bertz CT molecular complexity index is 834. The maximum Gasteiger partial charge on any atom is 0.419 e. The molecule has 1 aliphatic rings. The molecule has 1 heterocycles. The van der Waals surface area contributed by atoms with Crippen molar-refractivity contribution in [2.45, 2.75) is 38.4 Å². The number of benzene rings is 1. The second kappa shape index (κ2) is 10.2. The zero-order valence-electron chi connectivity index (χ0n) is 17.1. The van der Waals surface area contributed by atoms with Crippen LogP contribution in [0.25, 0.3) is 5.70 Å². The number of alkyl halides is 3. The highest BCUT2D eigenvalue weighted by Crippen LogP contribution is 2.38. The van der Waals surface area contributed by atoms with Gasteiger partial charge in [0.05, 0.1) is 25.0 Å². The molecule has 1 aliphatic heterocycles. The molecule has 0 aliphatic carbocycles. The minimum Gasteiger partial charge on any atom is -0.493 e. The molecule has 0 radical (unpaired) electrons. The largest absolute Gasteiger partial charge is 0.493 e. The molecule has 0 spiro atoms. The van der Waals surface area contributed by atoms with Gasteiger partial charge in [-0.2, -0.15) is 13.2 Å². The first-order chi connectivity index (χ1) is 14.2. The van der Waals surface area contributed by atoms with E-state index in [-0.39, 0.29) is 29.9 Å².